The van der Waals surface area contributed by atoms with Crippen LogP contribution in [0.2, 0.25) is 0 Å². The Morgan fingerprint density at radius 1 is 1.07 bits per heavy atom. The highest BCUT2D eigenvalue weighted by Gasteiger charge is 2.29. The van der Waals surface area contributed by atoms with Crippen LogP contribution in [0.15, 0.2) is 47.4 Å². The number of carbonyl (C=O) groups is 1. The van der Waals surface area contributed by atoms with Crippen molar-refractivity contribution in [1.29, 1.82) is 0 Å². The van der Waals surface area contributed by atoms with Crippen LogP contribution in [-0.4, -0.2) is 44.1 Å². The average Bonchev–Trinajstić information content (AvgIpc) is 3.01. The number of ketones is 1. The van der Waals surface area contributed by atoms with Gasteiger partial charge in [0.25, 0.3) is 0 Å². The number of sulfonamides is 1. The number of hydrogen-bond donors (Lipinski definition) is 0. The molecule has 2 heterocycles. The third kappa shape index (κ3) is 3.76. The predicted octanol–water partition coefficient (Wildman–Crippen LogP) is 3.49. The Hall–Kier alpha value is -2.03. The van der Waals surface area contributed by atoms with Gasteiger partial charge >= 0.3 is 0 Å². The first-order chi connectivity index (χ1) is 13.4. The molecule has 0 saturated carbocycles. The molecule has 0 amide bonds. The zero-order valence-corrected chi connectivity index (χ0v) is 17.1. The maximum Gasteiger partial charge on any atom is 0.243 e. The number of thioether (sulfide) groups is 1. The minimum Gasteiger partial charge on any atom is -0.454 e. The minimum absolute atomic E-state index is 0.0818. The van der Waals surface area contributed by atoms with E-state index in [2.05, 4.69) is 0 Å². The highest BCUT2D eigenvalue weighted by molar-refractivity contribution is 7.99. The van der Waals surface area contributed by atoms with Crippen LogP contribution in [0, 0.1) is 0 Å². The normalized spacial score (nSPS) is 20.0. The van der Waals surface area contributed by atoms with E-state index < -0.39 is 10.0 Å². The summed E-state index contributed by atoms with van der Waals surface area (Å²) in [6.45, 7) is 2.61. The molecule has 0 N–H and O–H groups in total. The molecule has 0 bridgehead atoms. The number of rotatable bonds is 4. The Kier molecular flexibility index (Phi) is 5.35. The van der Waals surface area contributed by atoms with Gasteiger partial charge in [0.2, 0.25) is 16.8 Å². The molecule has 28 heavy (non-hydrogen) atoms. The molecule has 1 fully saturated rings. The second-order valence-electron chi connectivity index (χ2n) is 6.75. The van der Waals surface area contributed by atoms with E-state index in [1.54, 1.807) is 23.9 Å². The van der Waals surface area contributed by atoms with Crippen molar-refractivity contribution in [2.24, 2.45) is 0 Å². The maximum absolute atomic E-state index is 13.0. The summed E-state index contributed by atoms with van der Waals surface area (Å²) in [6.07, 6.45) is 0.717. The topological polar surface area (TPSA) is 72.9 Å². The summed E-state index contributed by atoms with van der Waals surface area (Å²) in [4.78, 5) is 11.6. The summed E-state index contributed by atoms with van der Waals surface area (Å²) in [5, 5.41) is 0.204. The minimum atomic E-state index is -3.58. The van der Waals surface area contributed by atoms with E-state index in [1.165, 1.54) is 23.4 Å². The fourth-order valence-corrected chi connectivity index (χ4v) is 6.17. The SMILES string of the molecule is CC(=O)c1ccc(S(=O)(=O)N2CCS[C@@H](c3ccc4c(c3)OCO4)CC2)cc1. The molecule has 8 heteroatoms. The molecule has 0 radical (unpaired) electrons. The molecule has 0 spiro atoms. The lowest BCUT2D eigenvalue weighted by Crippen LogP contribution is -2.33. The van der Waals surface area contributed by atoms with Gasteiger partial charge in [-0.1, -0.05) is 18.2 Å². The van der Waals surface area contributed by atoms with Gasteiger partial charge in [-0.05, 0) is 43.2 Å². The van der Waals surface area contributed by atoms with Gasteiger partial charge in [0.1, 0.15) is 0 Å². The molecule has 0 aliphatic carbocycles. The lowest BCUT2D eigenvalue weighted by atomic mass is 10.1. The second kappa shape index (κ2) is 7.77. The molecule has 0 aromatic heterocycles. The number of carbonyl (C=O) groups excluding carboxylic acids is 1. The van der Waals surface area contributed by atoms with Crippen LogP contribution >= 0.6 is 11.8 Å². The van der Waals surface area contributed by atoms with E-state index >= 15 is 0 Å². The summed E-state index contributed by atoms with van der Waals surface area (Å²) in [6, 6.07) is 12.1. The number of nitrogens with zero attached hydrogens (tertiary/aromatic N) is 1. The van der Waals surface area contributed by atoms with E-state index in [0.717, 1.165) is 23.5 Å². The van der Waals surface area contributed by atoms with Gasteiger partial charge in [-0.15, -0.1) is 0 Å². The predicted molar refractivity (Wildman–Crippen MR) is 108 cm³/mol. The Morgan fingerprint density at radius 2 is 1.82 bits per heavy atom. The van der Waals surface area contributed by atoms with Crippen molar-refractivity contribution in [3.8, 4) is 11.5 Å². The molecule has 1 saturated heterocycles. The fourth-order valence-electron chi connectivity index (χ4n) is 3.38. The van der Waals surface area contributed by atoms with Crippen molar-refractivity contribution >= 4 is 27.6 Å². The maximum atomic E-state index is 13.0. The lowest BCUT2D eigenvalue weighted by Gasteiger charge is -2.20. The zero-order chi connectivity index (χ0) is 19.7. The van der Waals surface area contributed by atoms with Crippen molar-refractivity contribution in [2.45, 2.75) is 23.5 Å². The first kappa shape index (κ1) is 19.3. The first-order valence-corrected chi connectivity index (χ1v) is 11.6. The van der Waals surface area contributed by atoms with Crippen LogP contribution in [0.3, 0.4) is 0 Å². The van der Waals surface area contributed by atoms with E-state index in [-0.39, 0.29) is 22.7 Å². The van der Waals surface area contributed by atoms with Crippen molar-refractivity contribution in [3.63, 3.8) is 0 Å². The molecule has 6 nitrogen and oxygen atoms in total. The van der Waals surface area contributed by atoms with Crippen LogP contribution in [0.5, 0.6) is 11.5 Å². The number of hydrogen-bond acceptors (Lipinski definition) is 6. The Morgan fingerprint density at radius 3 is 2.57 bits per heavy atom. The quantitative estimate of drug-likeness (QED) is 0.707. The summed E-state index contributed by atoms with van der Waals surface area (Å²) in [5.74, 6) is 2.13. The second-order valence-corrected chi connectivity index (χ2v) is 9.99. The summed E-state index contributed by atoms with van der Waals surface area (Å²) >= 11 is 1.76. The molecule has 2 aliphatic rings. The Labute approximate surface area is 168 Å². The van der Waals surface area contributed by atoms with Gasteiger partial charge in [-0.25, -0.2) is 8.42 Å². The zero-order valence-electron chi connectivity index (χ0n) is 15.5. The molecule has 2 aromatic rings. The first-order valence-electron chi connectivity index (χ1n) is 9.07. The van der Waals surface area contributed by atoms with Crippen LogP contribution < -0.4 is 9.47 Å². The largest absolute Gasteiger partial charge is 0.454 e. The third-order valence-corrected chi connectivity index (χ3v) is 8.21. The Balaban J connectivity index is 1.49. The standard InChI is InChI=1S/C20H21NO5S2/c1-14(22)15-2-5-17(6-3-15)28(23,24)21-9-8-20(27-11-10-21)16-4-7-18-19(12-16)26-13-25-18/h2-7,12,20H,8-11,13H2,1H3/t20-/m1/s1. The Bertz CT molecular complexity index is 988. The van der Waals surface area contributed by atoms with E-state index in [9.17, 15) is 13.2 Å². The van der Waals surface area contributed by atoms with Gasteiger partial charge in [-0.3, -0.25) is 4.79 Å². The van der Waals surface area contributed by atoms with Crippen molar-refractivity contribution < 1.29 is 22.7 Å². The molecule has 2 aliphatic heterocycles. The van der Waals surface area contributed by atoms with Gasteiger partial charge in [0.15, 0.2) is 17.3 Å². The highest BCUT2D eigenvalue weighted by atomic mass is 32.2. The van der Waals surface area contributed by atoms with Gasteiger partial charge in [0, 0.05) is 29.7 Å². The molecule has 148 valence electrons. The van der Waals surface area contributed by atoms with Gasteiger partial charge < -0.3 is 9.47 Å². The number of ether oxygens (including phenoxy) is 2. The van der Waals surface area contributed by atoms with Crippen molar-refractivity contribution in [3.05, 3.63) is 53.6 Å². The summed E-state index contributed by atoms with van der Waals surface area (Å²) < 4.78 is 38.4. The number of Topliss-reactive ketones (excluding diaryl/α,β-unsaturated/α-hetero) is 1. The van der Waals surface area contributed by atoms with Crippen LogP contribution in [-0.2, 0) is 10.0 Å². The highest BCUT2D eigenvalue weighted by Crippen LogP contribution is 2.40. The lowest BCUT2D eigenvalue weighted by molar-refractivity contribution is 0.101. The molecule has 1 atom stereocenters. The van der Waals surface area contributed by atoms with E-state index in [1.807, 2.05) is 18.2 Å². The molecular weight excluding hydrogens is 398 g/mol. The van der Waals surface area contributed by atoms with Crippen LogP contribution in [0.1, 0.15) is 34.5 Å². The van der Waals surface area contributed by atoms with E-state index in [0.29, 0.717) is 24.4 Å². The van der Waals surface area contributed by atoms with Gasteiger partial charge in [0.05, 0.1) is 4.90 Å². The van der Waals surface area contributed by atoms with Crippen LogP contribution in [0.4, 0.5) is 0 Å². The van der Waals surface area contributed by atoms with Crippen LogP contribution in [0.25, 0.3) is 0 Å². The molecule has 2 aromatic carbocycles. The molecular formula is C20H21NO5S2. The van der Waals surface area contributed by atoms with Gasteiger partial charge in [-0.2, -0.15) is 16.1 Å². The third-order valence-electron chi connectivity index (χ3n) is 4.97. The van der Waals surface area contributed by atoms with Crippen molar-refractivity contribution in [1.82, 2.24) is 4.31 Å². The smallest absolute Gasteiger partial charge is 0.243 e. The van der Waals surface area contributed by atoms with Crippen molar-refractivity contribution in [2.75, 3.05) is 25.6 Å². The molecule has 4 rings (SSSR count). The average molecular weight is 420 g/mol. The van der Waals surface area contributed by atoms with E-state index in [4.69, 9.17) is 9.47 Å². The molecule has 0 unspecified atom stereocenters. The number of benzene rings is 2. The monoisotopic (exact) mass is 419 g/mol. The summed E-state index contributed by atoms with van der Waals surface area (Å²) in [5.41, 5.74) is 1.63. The fraction of sp³-hybridized carbons (Fsp3) is 0.350. The number of fused-ring (bicyclic) bond motifs is 1. The summed E-state index contributed by atoms with van der Waals surface area (Å²) in [7, 11) is -3.58.